The predicted octanol–water partition coefficient (Wildman–Crippen LogP) is 6.38. The van der Waals surface area contributed by atoms with E-state index in [9.17, 15) is 10.1 Å². The van der Waals surface area contributed by atoms with Gasteiger partial charge in [-0.15, -0.1) is 0 Å². The van der Waals surface area contributed by atoms with Crippen molar-refractivity contribution in [1.29, 1.82) is 0 Å². The summed E-state index contributed by atoms with van der Waals surface area (Å²) in [6.45, 7) is 0. The lowest BCUT2D eigenvalue weighted by Gasteiger charge is -2.38. The van der Waals surface area contributed by atoms with Crippen LogP contribution in [-0.2, 0) is 0 Å². The summed E-state index contributed by atoms with van der Waals surface area (Å²) >= 11 is 19.1. The first-order chi connectivity index (χ1) is 12.0. The molecule has 7 heteroatoms. The second-order valence-corrected chi connectivity index (χ2v) is 7.46. The van der Waals surface area contributed by atoms with E-state index in [4.69, 9.17) is 34.8 Å². The third kappa shape index (κ3) is 2.69. The van der Waals surface area contributed by atoms with Crippen LogP contribution in [0.15, 0.2) is 42.5 Å². The Morgan fingerprint density at radius 1 is 1.12 bits per heavy atom. The van der Waals surface area contributed by atoms with Gasteiger partial charge in [0.05, 0.1) is 31.7 Å². The molecule has 0 spiro atoms. The summed E-state index contributed by atoms with van der Waals surface area (Å²) in [5.41, 5.74) is 2.77. The molecule has 4 nitrogen and oxygen atoms in total. The number of halogens is 3. The number of nitro benzene ring substituents is 1. The largest absolute Gasteiger partial charge is 0.376 e. The van der Waals surface area contributed by atoms with Gasteiger partial charge in [-0.3, -0.25) is 10.1 Å². The lowest BCUT2D eigenvalue weighted by molar-refractivity contribution is -0.384. The third-order valence-electron chi connectivity index (χ3n) is 4.95. The molecule has 1 N–H and O–H groups in total. The Bertz CT molecular complexity index is 896. The van der Waals surface area contributed by atoms with Gasteiger partial charge in [-0.2, -0.15) is 0 Å². The minimum absolute atomic E-state index is 0.0111. The number of hydrogen-bond donors (Lipinski definition) is 1. The Morgan fingerprint density at radius 2 is 1.84 bits per heavy atom. The number of hydrogen-bond acceptors (Lipinski definition) is 3. The third-order valence-corrected chi connectivity index (χ3v) is 6.05. The molecule has 0 saturated heterocycles. The number of nitro groups is 1. The molecule has 3 atom stereocenters. The SMILES string of the molecule is O=[N+]([O-])c1ccc([C@H]2Nc3c(Cl)cc(Cl)c(Cl)c3C3C=CCC32)cc1. The monoisotopic (exact) mass is 394 g/mol. The normalized spacial score (nSPS) is 23.7. The molecule has 1 aliphatic heterocycles. The molecule has 2 aromatic carbocycles. The molecule has 0 radical (unpaired) electrons. The summed E-state index contributed by atoms with van der Waals surface area (Å²) in [5.74, 6) is 0.362. The van der Waals surface area contributed by atoms with Gasteiger partial charge in [-0.1, -0.05) is 59.1 Å². The fourth-order valence-electron chi connectivity index (χ4n) is 3.80. The van der Waals surface area contributed by atoms with Crippen molar-refractivity contribution < 1.29 is 4.92 Å². The molecule has 25 heavy (non-hydrogen) atoms. The van der Waals surface area contributed by atoms with Gasteiger partial charge in [0.2, 0.25) is 0 Å². The molecule has 0 fully saturated rings. The van der Waals surface area contributed by atoms with E-state index in [0.717, 1.165) is 23.2 Å². The van der Waals surface area contributed by atoms with Crippen molar-refractivity contribution in [3.05, 3.63) is 78.8 Å². The lowest BCUT2D eigenvalue weighted by atomic mass is 9.77. The molecule has 0 saturated carbocycles. The van der Waals surface area contributed by atoms with Gasteiger partial charge in [0.15, 0.2) is 0 Å². The zero-order chi connectivity index (χ0) is 17.7. The van der Waals surface area contributed by atoms with Crippen molar-refractivity contribution in [2.24, 2.45) is 5.92 Å². The molecule has 2 aromatic rings. The van der Waals surface area contributed by atoms with Crippen LogP contribution in [-0.4, -0.2) is 4.92 Å². The van der Waals surface area contributed by atoms with E-state index >= 15 is 0 Å². The number of rotatable bonds is 2. The van der Waals surface area contributed by atoms with Gasteiger partial charge >= 0.3 is 0 Å². The summed E-state index contributed by atoms with van der Waals surface area (Å²) in [6.07, 6.45) is 5.16. The van der Waals surface area contributed by atoms with Crippen LogP contribution in [0.5, 0.6) is 0 Å². The molecular weight excluding hydrogens is 383 g/mol. The van der Waals surface area contributed by atoms with Crippen LogP contribution in [0.3, 0.4) is 0 Å². The van der Waals surface area contributed by atoms with Crippen LogP contribution in [0.25, 0.3) is 0 Å². The molecule has 2 unspecified atom stereocenters. The summed E-state index contributed by atoms with van der Waals surface area (Å²) in [7, 11) is 0. The van der Waals surface area contributed by atoms with E-state index in [1.165, 1.54) is 12.1 Å². The first kappa shape index (κ1) is 16.7. The van der Waals surface area contributed by atoms with Gasteiger partial charge in [-0.25, -0.2) is 0 Å². The van der Waals surface area contributed by atoms with Gasteiger partial charge in [0.25, 0.3) is 5.69 Å². The maximum Gasteiger partial charge on any atom is 0.269 e. The zero-order valence-corrected chi connectivity index (χ0v) is 15.1. The van der Waals surface area contributed by atoms with Crippen molar-refractivity contribution >= 4 is 46.2 Å². The Balaban J connectivity index is 1.80. The number of fused-ring (bicyclic) bond motifs is 3. The van der Waals surface area contributed by atoms with Crippen LogP contribution >= 0.6 is 34.8 Å². The van der Waals surface area contributed by atoms with Gasteiger partial charge in [0, 0.05) is 23.6 Å². The molecule has 2 aliphatic rings. The molecule has 1 aliphatic carbocycles. The molecule has 0 aromatic heterocycles. The van der Waals surface area contributed by atoms with Crippen LogP contribution in [0.2, 0.25) is 15.1 Å². The number of nitrogens with zero attached hydrogens (tertiary/aromatic N) is 1. The highest BCUT2D eigenvalue weighted by molar-refractivity contribution is 6.44. The Labute approximate surface area is 159 Å². The predicted molar refractivity (Wildman–Crippen MR) is 101 cm³/mol. The van der Waals surface area contributed by atoms with Crippen LogP contribution in [0, 0.1) is 16.0 Å². The molecule has 4 rings (SSSR count). The minimum atomic E-state index is -0.397. The maximum atomic E-state index is 10.9. The van der Waals surface area contributed by atoms with Crippen molar-refractivity contribution in [1.82, 2.24) is 0 Å². The van der Waals surface area contributed by atoms with Gasteiger partial charge in [0.1, 0.15) is 0 Å². The van der Waals surface area contributed by atoms with Crippen LogP contribution in [0.4, 0.5) is 11.4 Å². The zero-order valence-electron chi connectivity index (χ0n) is 12.9. The van der Waals surface area contributed by atoms with E-state index in [1.807, 2.05) is 0 Å². The minimum Gasteiger partial charge on any atom is -0.376 e. The molecule has 1 heterocycles. The van der Waals surface area contributed by atoms with Gasteiger partial charge in [-0.05, 0) is 24.0 Å². The quantitative estimate of drug-likeness (QED) is 0.278. The highest BCUT2D eigenvalue weighted by Crippen LogP contribution is 2.54. The Hall–Kier alpha value is -1.75. The number of anilines is 1. The highest BCUT2D eigenvalue weighted by atomic mass is 35.5. The summed E-state index contributed by atoms with van der Waals surface area (Å²) < 4.78 is 0. The van der Waals surface area contributed by atoms with Crippen LogP contribution in [0.1, 0.15) is 29.5 Å². The summed E-state index contributed by atoms with van der Waals surface area (Å²) in [4.78, 5) is 10.5. The number of non-ortho nitro benzene ring substituents is 1. The average Bonchev–Trinajstić information content (AvgIpc) is 3.08. The fourth-order valence-corrected chi connectivity index (χ4v) is 4.60. The summed E-state index contributed by atoms with van der Waals surface area (Å²) in [5, 5.41) is 15.9. The van der Waals surface area contributed by atoms with E-state index in [-0.39, 0.29) is 23.6 Å². The highest BCUT2D eigenvalue weighted by Gasteiger charge is 2.40. The van der Waals surface area contributed by atoms with Gasteiger partial charge < -0.3 is 5.32 Å². The Kier molecular flexibility index (Phi) is 4.14. The number of benzene rings is 2. The van der Waals surface area contributed by atoms with Crippen molar-refractivity contribution in [2.75, 3.05) is 5.32 Å². The maximum absolute atomic E-state index is 10.9. The average molecular weight is 396 g/mol. The van der Waals surface area contributed by atoms with Crippen molar-refractivity contribution in [3.8, 4) is 0 Å². The molecule has 128 valence electrons. The number of nitrogens with one attached hydrogen (secondary N) is 1. The fraction of sp³-hybridized carbons (Fsp3) is 0.222. The van der Waals surface area contributed by atoms with E-state index in [0.29, 0.717) is 15.1 Å². The smallest absolute Gasteiger partial charge is 0.269 e. The molecule has 0 bridgehead atoms. The van der Waals surface area contributed by atoms with E-state index in [1.54, 1.807) is 18.2 Å². The summed E-state index contributed by atoms with van der Waals surface area (Å²) in [6, 6.07) is 8.27. The number of allylic oxidation sites excluding steroid dienone is 2. The molecular formula is C18H13Cl3N2O2. The first-order valence-corrected chi connectivity index (χ1v) is 8.95. The van der Waals surface area contributed by atoms with Crippen LogP contribution < -0.4 is 5.32 Å². The Morgan fingerprint density at radius 3 is 2.52 bits per heavy atom. The topological polar surface area (TPSA) is 55.2 Å². The van der Waals surface area contributed by atoms with Crippen molar-refractivity contribution in [2.45, 2.75) is 18.4 Å². The van der Waals surface area contributed by atoms with E-state index < -0.39 is 4.92 Å². The molecule has 0 amide bonds. The first-order valence-electron chi connectivity index (χ1n) is 7.82. The lowest BCUT2D eigenvalue weighted by Crippen LogP contribution is -2.29. The van der Waals surface area contributed by atoms with E-state index in [2.05, 4.69) is 17.5 Å². The van der Waals surface area contributed by atoms with Crippen molar-refractivity contribution in [3.63, 3.8) is 0 Å². The second-order valence-electron chi connectivity index (χ2n) is 6.27. The second kappa shape index (κ2) is 6.20. The standard InChI is InChI=1S/C18H13Cl3N2O2/c19-13-8-14(20)18-15(16(13)21)11-2-1-3-12(11)17(22-18)9-4-6-10(7-5-9)23(24)25/h1-2,4-8,11-12,17,22H,3H2/t11?,12?,17-/m1/s1.